The molecule has 1 atom stereocenters. The van der Waals surface area contributed by atoms with Gasteiger partial charge in [0.25, 0.3) is 0 Å². The third-order valence-electron chi connectivity index (χ3n) is 2.08. The van der Waals surface area contributed by atoms with Crippen LogP contribution in [0, 0.1) is 0 Å². The second kappa shape index (κ2) is 5.40. The molecule has 1 aromatic rings. The first kappa shape index (κ1) is 10.7. The molecule has 3 heteroatoms. The zero-order chi connectivity index (χ0) is 10.4. The summed E-state index contributed by atoms with van der Waals surface area (Å²) in [6.07, 6.45) is 1.08. The minimum atomic E-state index is -0.154. The van der Waals surface area contributed by atoms with Gasteiger partial charge in [0.2, 0.25) is 0 Å². The molecular formula is C11H14O3. The monoisotopic (exact) mass is 194 g/mol. The van der Waals surface area contributed by atoms with Crippen molar-refractivity contribution >= 4 is 6.29 Å². The van der Waals surface area contributed by atoms with E-state index in [1.54, 1.807) is 14.2 Å². The summed E-state index contributed by atoms with van der Waals surface area (Å²) in [5.74, 6) is 0.801. The fraction of sp³-hybridized carbons (Fsp3) is 0.364. The highest BCUT2D eigenvalue weighted by molar-refractivity contribution is 5.51. The number of aldehydes is 1. The van der Waals surface area contributed by atoms with E-state index < -0.39 is 0 Å². The van der Waals surface area contributed by atoms with E-state index in [0.29, 0.717) is 6.42 Å². The SMILES string of the molecule is COc1ccc(C(CC=O)OC)cc1. The molecule has 0 heterocycles. The van der Waals surface area contributed by atoms with Gasteiger partial charge >= 0.3 is 0 Å². The Hall–Kier alpha value is -1.35. The van der Waals surface area contributed by atoms with E-state index in [1.807, 2.05) is 24.3 Å². The molecule has 3 nitrogen and oxygen atoms in total. The Bertz CT molecular complexity index is 279. The molecular weight excluding hydrogens is 180 g/mol. The van der Waals surface area contributed by atoms with Crippen molar-refractivity contribution < 1.29 is 14.3 Å². The maximum Gasteiger partial charge on any atom is 0.122 e. The summed E-state index contributed by atoms with van der Waals surface area (Å²) < 4.78 is 10.2. The molecule has 0 radical (unpaired) electrons. The van der Waals surface area contributed by atoms with Crippen molar-refractivity contribution in [2.24, 2.45) is 0 Å². The Kier molecular flexibility index (Phi) is 4.13. The first-order chi connectivity index (χ1) is 6.81. The highest BCUT2D eigenvalue weighted by atomic mass is 16.5. The van der Waals surface area contributed by atoms with E-state index in [0.717, 1.165) is 17.6 Å². The zero-order valence-corrected chi connectivity index (χ0v) is 8.40. The molecule has 0 aliphatic carbocycles. The van der Waals surface area contributed by atoms with Crippen LogP contribution in [0.2, 0.25) is 0 Å². The summed E-state index contributed by atoms with van der Waals surface area (Å²) in [5, 5.41) is 0. The highest BCUT2D eigenvalue weighted by Crippen LogP contribution is 2.21. The number of hydrogen-bond donors (Lipinski definition) is 0. The van der Waals surface area contributed by atoms with Crippen LogP contribution in [0.5, 0.6) is 5.75 Å². The molecule has 1 rings (SSSR count). The van der Waals surface area contributed by atoms with Gasteiger partial charge in [0.05, 0.1) is 13.2 Å². The Morgan fingerprint density at radius 2 is 1.93 bits per heavy atom. The molecule has 0 spiro atoms. The van der Waals surface area contributed by atoms with E-state index in [-0.39, 0.29) is 6.10 Å². The molecule has 0 aromatic heterocycles. The van der Waals surface area contributed by atoms with Gasteiger partial charge in [-0.15, -0.1) is 0 Å². The Morgan fingerprint density at radius 1 is 1.29 bits per heavy atom. The van der Waals surface area contributed by atoms with Crippen LogP contribution in [0.15, 0.2) is 24.3 Å². The van der Waals surface area contributed by atoms with Gasteiger partial charge in [-0.3, -0.25) is 0 Å². The molecule has 0 fully saturated rings. The molecule has 0 saturated carbocycles. The third kappa shape index (κ3) is 2.57. The molecule has 0 aliphatic heterocycles. The predicted molar refractivity (Wildman–Crippen MR) is 53.4 cm³/mol. The average molecular weight is 194 g/mol. The van der Waals surface area contributed by atoms with Crippen molar-refractivity contribution in [1.29, 1.82) is 0 Å². The van der Waals surface area contributed by atoms with Gasteiger partial charge in [0.15, 0.2) is 0 Å². The van der Waals surface area contributed by atoms with Gasteiger partial charge in [-0.1, -0.05) is 12.1 Å². The van der Waals surface area contributed by atoms with Crippen LogP contribution in [0.25, 0.3) is 0 Å². The van der Waals surface area contributed by atoms with E-state index >= 15 is 0 Å². The lowest BCUT2D eigenvalue weighted by Gasteiger charge is -2.12. The van der Waals surface area contributed by atoms with Crippen molar-refractivity contribution in [3.63, 3.8) is 0 Å². The number of rotatable bonds is 5. The highest BCUT2D eigenvalue weighted by Gasteiger charge is 2.08. The summed E-state index contributed by atoms with van der Waals surface area (Å²) in [7, 11) is 3.21. The summed E-state index contributed by atoms with van der Waals surface area (Å²) in [6.45, 7) is 0. The second-order valence-electron chi connectivity index (χ2n) is 2.90. The molecule has 14 heavy (non-hydrogen) atoms. The minimum Gasteiger partial charge on any atom is -0.497 e. The topological polar surface area (TPSA) is 35.5 Å². The first-order valence-electron chi connectivity index (χ1n) is 4.42. The number of carbonyl (C=O) groups is 1. The van der Waals surface area contributed by atoms with Crippen LogP contribution in [0.3, 0.4) is 0 Å². The van der Waals surface area contributed by atoms with Crippen LogP contribution in [0.1, 0.15) is 18.1 Å². The van der Waals surface area contributed by atoms with Crippen LogP contribution < -0.4 is 4.74 Å². The smallest absolute Gasteiger partial charge is 0.122 e. The van der Waals surface area contributed by atoms with Crippen LogP contribution in [0.4, 0.5) is 0 Å². The fourth-order valence-electron chi connectivity index (χ4n) is 1.27. The number of hydrogen-bond acceptors (Lipinski definition) is 3. The molecule has 0 amide bonds. The Morgan fingerprint density at radius 3 is 2.36 bits per heavy atom. The Labute approximate surface area is 83.6 Å². The number of benzene rings is 1. The maximum absolute atomic E-state index is 10.4. The quantitative estimate of drug-likeness (QED) is 0.672. The van der Waals surface area contributed by atoms with Crippen molar-refractivity contribution in [2.45, 2.75) is 12.5 Å². The van der Waals surface area contributed by atoms with Crippen LogP contribution in [-0.4, -0.2) is 20.5 Å². The molecule has 76 valence electrons. The molecule has 0 aliphatic rings. The maximum atomic E-state index is 10.4. The van der Waals surface area contributed by atoms with E-state index in [9.17, 15) is 4.79 Å². The largest absolute Gasteiger partial charge is 0.497 e. The Balaban J connectivity index is 2.77. The summed E-state index contributed by atoms with van der Waals surface area (Å²) in [5.41, 5.74) is 0.986. The van der Waals surface area contributed by atoms with E-state index in [4.69, 9.17) is 9.47 Å². The summed E-state index contributed by atoms with van der Waals surface area (Å²) in [4.78, 5) is 10.4. The normalized spacial score (nSPS) is 12.1. The third-order valence-corrected chi connectivity index (χ3v) is 2.08. The van der Waals surface area contributed by atoms with Crippen molar-refractivity contribution in [2.75, 3.05) is 14.2 Å². The van der Waals surface area contributed by atoms with Crippen molar-refractivity contribution in [3.05, 3.63) is 29.8 Å². The van der Waals surface area contributed by atoms with Crippen LogP contribution >= 0.6 is 0 Å². The van der Waals surface area contributed by atoms with Gasteiger partial charge in [-0.2, -0.15) is 0 Å². The zero-order valence-electron chi connectivity index (χ0n) is 8.40. The predicted octanol–water partition coefficient (Wildman–Crippen LogP) is 1.97. The fourth-order valence-corrected chi connectivity index (χ4v) is 1.27. The minimum absolute atomic E-state index is 0.154. The second-order valence-corrected chi connectivity index (χ2v) is 2.90. The first-order valence-corrected chi connectivity index (χ1v) is 4.42. The number of ether oxygens (including phenoxy) is 2. The summed E-state index contributed by atoms with van der Waals surface area (Å²) in [6, 6.07) is 7.51. The van der Waals surface area contributed by atoms with Gasteiger partial charge in [-0.05, 0) is 17.7 Å². The molecule has 0 saturated heterocycles. The lowest BCUT2D eigenvalue weighted by molar-refractivity contribution is -0.110. The van der Waals surface area contributed by atoms with E-state index in [2.05, 4.69) is 0 Å². The molecule has 1 unspecified atom stereocenters. The van der Waals surface area contributed by atoms with Gasteiger partial charge in [0, 0.05) is 13.5 Å². The molecule has 1 aromatic carbocycles. The molecule has 0 N–H and O–H groups in total. The van der Waals surface area contributed by atoms with Crippen molar-refractivity contribution in [1.82, 2.24) is 0 Å². The van der Waals surface area contributed by atoms with Gasteiger partial charge in [0.1, 0.15) is 12.0 Å². The van der Waals surface area contributed by atoms with E-state index in [1.165, 1.54) is 0 Å². The molecule has 0 bridgehead atoms. The summed E-state index contributed by atoms with van der Waals surface area (Å²) >= 11 is 0. The standard InChI is InChI=1S/C11H14O3/c1-13-10-5-3-9(4-6-10)11(14-2)7-8-12/h3-6,8,11H,7H2,1-2H3. The number of methoxy groups -OCH3 is 2. The van der Waals surface area contributed by atoms with Gasteiger partial charge < -0.3 is 14.3 Å². The van der Waals surface area contributed by atoms with Crippen LogP contribution in [-0.2, 0) is 9.53 Å². The van der Waals surface area contributed by atoms with Crippen molar-refractivity contribution in [3.8, 4) is 5.75 Å². The average Bonchev–Trinajstić information content (AvgIpc) is 2.26. The van der Waals surface area contributed by atoms with Gasteiger partial charge in [-0.25, -0.2) is 0 Å². The lowest BCUT2D eigenvalue weighted by atomic mass is 10.1. The number of carbonyl (C=O) groups excluding carboxylic acids is 1. The lowest BCUT2D eigenvalue weighted by Crippen LogP contribution is -2.01.